The Balaban J connectivity index is 3.74. The number of carbonyl (C=O) groups is 1. The number of amides is 1. The molecule has 0 rings (SSSR count). The molecule has 0 spiro atoms. The molecule has 0 bridgehead atoms. The van der Waals surface area contributed by atoms with Crippen molar-refractivity contribution in [3.8, 4) is 0 Å². The van der Waals surface area contributed by atoms with Gasteiger partial charge in [0.05, 0.1) is 31.3 Å². The molecule has 5 heteroatoms. The van der Waals surface area contributed by atoms with Crippen LogP contribution in [0.2, 0.25) is 0 Å². The maximum absolute atomic E-state index is 12.4. The molecule has 1 amide bonds. The van der Waals surface area contributed by atoms with Crippen molar-refractivity contribution in [3.63, 3.8) is 0 Å². The molecule has 0 aliphatic carbocycles. The zero-order valence-corrected chi connectivity index (χ0v) is 32.6. The van der Waals surface area contributed by atoms with Gasteiger partial charge in [-0.05, 0) is 44.9 Å². The minimum absolute atomic E-state index is 0.00432. The van der Waals surface area contributed by atoms with Gasteiger partial charge in [-0.25, -0.2) is 0 Å². The third-order valence-electron chi connectivity index (χ3n) is 9.66. The van der Waals surface area contributed by atoms with Gasteiger partial charge in [0.15, 0.2) is 0 Å². The van der Waals surface area contributed by atoms with Crippen molar-refractivity contribution in [2.24, 2.45) is 0 Å². The highest BCUT2D eigenvalue weighted by atomic mass is 16.3. The van der Waals surface area contributed by atoms with E-state index in [-0.39, 0.29) is 18.9 Å². The van der Waals surface area contributed by atoms with Crippen LogP contribution in [0.4, 0.5) is 0 Å². The first kappa shape index (κ1) is 47.6. The number of carbonyl (C=O) groups excluding carboxylic acids is 1. The summed E-state index contributed by atoms with van der Waals surface area (Å²) in [5, 5.41) is 33.1. The van der Waals surface area contributed by atoms with Gasteiger partial charge in [0.1, 0.15) is 0 Å². The molecule has 0 saturated carbocycles. The second-order valence-corrected chi connectivity index (χ2v) is 14.6. The van der Waals surface area contributed by atoms with Crippen molar-refractivity contribution >= 4 is 5.91 Å². The van der Waals surface area contributed by atoms with Crippen LogP contribution >= 0.6 is 0 Å². The predicted octanol–water partition coefficient (Wildman–Crippen LogP) is 12.0. The lowest BCUT2D eigenvalue weighted by Gasteiger charge is -2.21. The summed E-state index contributed by atoms with van der Waals surface area (Å²) in [5.41, 5.74) is 0. The fourth-order valence-corrected chi connectivity index (χ4v) is 6.37. The quantitative estimate of drug-likeness (QED) is 0.0384. The van der Waals surface area contributed by atoms with E-state index in [1.807, 2.05) is 6.08 Å². The van der Waals surface area contributed by atoms with Gasteiger partial charge in [-0.1, -0.05) is 198 Å². The average Bonchev–Trinajstić information content (AvgIpc) is 3.09. The summed E-state index contributed by atoms with van der Waals surface area (Å²) in [4.78, 5) is 12.4. The molecule has 0 radical (unpaired) electrons. The Hall–Kier alpha value is -1.43. The Morgan fingerprint density at radius 2 is 0.878 bits per heavy atom. The lowest BCUT2D eigenvalue weighted by atomic mass is 10.0. The van der Waals surface area contributed by atoms with Gasteiger partial charge in [-0.15, -0.1) is 0 Å². The molecule has 4 N–H and O–H groups in total. The van der Waals surface area contributed by atoms with Gasteiger partial charge in [0, 0.05) is 0 Å². The molecule has 3 unspecified atom stereocenters. The molecule has 5 nitrogen and oxygen atoms in total. The second-order valence-electron chi connectivity index (χ2n) is 14.6. The summed E-state index contributed by atoms with van der Waals surface area (Å²) >= 11 is 0. The smallest absolute Gasteiger partial charge is 0.222 e. The fourth-order valence-electron chi connectivity index (χ4n) is 6.37. The standard InChI is InChI=1S/C44H83NO4/c1-3-5-7-9-11-13-15-17-18-19-20-21-22-23-24-25-26-28-30-32-34-36-38-43(48)42(40-46)45-44(49)39-41(47)37-35-33-31-29-27-16-14-12-10-8-6-4-2/h23-24,28,30,36,38,41-43,46-48H,3-22,25-27,29,31-35,37,39-40H2,1-2H3,(H,45,49)/b24-23+,30-28+,38-36+. The first-order chi connectivity index (χ1) is 24.0. The van der Waals surface area contributed by atoms with Gasteiger partial charge in [-0.2, -0.15) is 0 Å². The van der Waals surface area contributed by atoms with Crippen LogP contribution in [0.5, 0.6) is 0 Å². The largest absolute Gasteiger partial charge is 0.394 e. The molecule has 0 saturated heterocycles. The minimum Gasteiger partial charge on any atom is -0.394 e. The molecule has 288 valence electrons. The minimum atomic E-state index is -0.957. The van der Waals surface area contributed by atoms with Crippen molar-refractivity contribution < 1.29 is 20.1 Å². The van der Waals surface area contributed by atoms with Crippen LogP contribution in [0.1, 0.15) is 213 Å². The highest BCUT2D eigenvalue weighted by Gasteiger charge is 2.20. The van der Waals surface area contributed by atoms with Crippen LogP contribution < -0.4 is 5.32 Å². The van der Waals surface area contributed by atoms with Crippen molar-refractivity contribution in [1.82, 2.24) is 5.32 Å². The van der Waals surface area contributed by atoms with E-state index in [4.69, 9.17) is 0 Å². The number of aliphatic hydroxyl groups is 3. The van der Waals surface area contributed by atoms with E-state index >= 15 is 0 Å². The molecule has 3 atom stereocenters. The summed E-state index contributed by atoms with van der Waals surface area (Å²) in [7, 11) is 0. The Bertz CT molecular complexity index is 764. The van der Waals surface area contributed by atoms with Gasteiger partial charge >= 0.3 is 0 Å². The molecule has 0 heterocycles. The van der Waals surface area contributed by atoms with Crippen molar-refractivity contribution in [2.75, 3.05) is 6.61 Å². The molecule has 0 aromatic rings. The number of hydrogen-bond acceptors (Lipinski definition) is 4. The van der Waals surface area contributed by atoms with Gasteiger partial charge in [0.2, 0.25) is 5.91 Å². The lowest BCUT2D eigenvalue weighted by molar-refractivity contribution is -0.124. The number of allylic oxidation sites excluding steroid dienone is 5. The number of unbranched alkanes of at least 4 members (excludes halogenated alkanes) is 25. The topological polar surface area (TPSA) is 89.8 Å². The van der Waals surface area contributed by atoms with Gasteiger partial charge in [0.25, 0.3) is 0 Å². The SMILES string of the molecule is CCCCCCCCCCCCCC/C=C/CC/C=C/CC/C=C/C(O)C(CO)NC(=O)CC(O)CCCCCCCCCCCCCC. The normalized spacial score (nSPS) is 14.0. The number of rotatable bonds is 38. The molecule has 49 heavy (non-hydrogen) atoms. The summed E-state index contributed by atoms with van der Waals surface area (Å²) in [6, 6.07) is -0.764. The van der Waals surface area contributed by atoms with E-state index in [2.05, 4.69) is 43.5 Å². The molecular formula is C44H83NO4. The third-order valence-corrected chi connectivity index (χ3v) is 9.66. The number of hydrogen-bond donors (Lipinski definition) is 4. The van der Waals surface area contributed by atoms with Gasteiger partial charge in [-0.3, -0.25) is 4.79 Å². The molecule has 0 aliphatic rings. The Labute approximate surface area is 304 Å². The highest BCUT2D eigenvalue weighted by Crippen LogP contribution is 2.15. The van der Waals surface area contributed by atoms with Crippen LogP contribution in [-0.2, 0) is 4.79 Å². The van der Waals surface area contributed by atoms with E-state index in [0.29, 0.717) is 6.42 Å². The van der Waals surface area contributed by atoms with E-state index in [1.54, 1.807) is 6.08 Å². The molecule has 0 aromatic carbocycles. The van der Waals surface area contributed by atoms with Crippen LogP contribution in [0.15, 0.2) is 36.5 Å². The summed E-state index contributed by atoms with van der Waals surface area (Å²) in [6.45, 7) is 4.19. The van der Waals surface area contributed by atoms with Crippen LogP contribution in [-0.4, -0.2) is 46.1 Å². The Morgan fingerprint density at radius 1 is 0.510 bits per heavy atom. The zero-order valence-electron chi connectivity index (χ0n) is 32.6. The van der Waals surface area contributed by atoms with Crippen molar-refractivity contribution in [2.45, 2.75) is 231 Å². The Kier molecular flexibility index (Phi) is 38.2. The first-order valence-corrected chi connectivity index (χ1v) is 21.3. The highest BCUT2D eigenvalue weighted by molar-refractivity contribution is 5.76. The maximum atomic E-state index is 12.4. The third kappa shape index (κ3) is 36.2. The molecule has 0 aliphatic heterocycles. The monoisotopic (exact) mass is 690 g/mol. The summed E-state index contributed by atoms with van der Waals surface area (Å²) in [6.07, 6.45) is 48.6. The van der Waals surface area contributed by atoms with Crippen LogP contribution in [0.25, 0.3) is 0 Å². The summed E-state index contributed by atoms with van der Waals surface area (Å²) in [5.74, 6) is -0.330. The molecule has 0 aromatic heterocycles. The first-order valence-electron chi connectivity index (χ1n) is 21.3. The van der Waals surface area contributed by atoms with E-state index in [1.165, 1.54) is 148 Å². The second kappa shape index (κ2) is 39.4. The number of nitrogens with one attached hydrogen (secondary N) is 1. The molecule has 0 fully saturated rings. The molecular weight excluding hydrogens is 606 g/mol. The van der Waals surface area contributed by atoms with E-state index < -0.39 is 18.2 Å². The van der Waals surface area contributed by atoms with E-state index in [9.17, 15) is 20.1 Å². The number of aliphatic hydroxyl groups excluding tert-OH is 3. The average molecular weight is 690 g/mol. The summed E-state index contributed by atoms with van der Waals surface area (Å²) < 4.78 is 0. The predicted molar refractivity (Wildman–Crippen MR) is 213 cm³/mol. The van der Waals surface area contributed by atoms with Crippen LogP contribution in [0.3, 0.4) is 0 Å². The Morgan fingerprint density at radius 3 is 1.31 bits per heavy atom. The fraction of sp³-hybridized carbons (Fsp3) is 0.841. The van der Waals surface area contributed by atoms with Crippen molar-refractivity contribution in [3.05, 3.63) is 36.5 Å². The lowest BCUT2D eigenvalue weighted by Crippen LogP contribution is -2.45. The maximum Gasteiger partial charge on any atom is 0.222 e. The van der Waals surface area contributed by atoms with Crippen molar-refractivity contribution in [1.29, 1.82) is 0 Å². The zero-order chi connectivity index (χ0) is 35.9. The van der Waals surface area contributed by atoms with E-state index in [0.717, 1.165) is 38.5 Å². The van der Waals surface area contributed by atoms with Crippen LogP contribution in [0, 0.1) is 0 Å². The van der Waals surface area contributed by atoms with Gasteiger partial charge < -0.3 is 20.6 Å².